The molecule has 1 nitrogen and oxygen atoms in total. The van der Waals surface area contributed by atoms with Crippen molar-refractivity contribution in [2.45, 2.75) is 64.6 Å². The first-order chi connectivity index (χ1) is 6.49. The second-order valence-corrected chi connectivity index (χ2v) is 7.49. The highest BCUT2D eigenvalue weighted by Gasteiger charge is 2.18. The first kappa shape index (κ1) is 13.9. The van der Waals surface area contributed by atoms with Crippen molar-refractivity contribution < 1.29 is 4.43 Å². The summed E-state index contributed by atoms with van der Waals surface area (Å²) in [6.07, 6.45) is 5.67. The standard InChI is InChI=1S/C12H26OSi/c1-6-8-9-11-14(10-7-2)13-12(3,4)5/h6,14H,1,7-11H2,2-5H3. The fourth-order valence-electron chi connectivity index (χ4n) is 1.57. The SMILES string of the molecule is C=CCCC[SiH](CCC)OC(C)(C)C. The van der Waals surface area contributed by atoms with Crippen LogP contribution in [0.15, 0.2) is 12.7 Å². The highest BCUT2D eigenvalue weighted by atomic mass is 28.3. The maximum absolute atomic E-state index is 6.13. The molecule has 1 unspecified atom stereocenters. The average molecular weight is 214 g/mol. The summed E-state index contributed by atoms with van der Waals surface area (Å²) >= 11 is 0. The second kappa shape index (κ2) is 7.24. The molecule has 0 radical (unpaired) electrons. The van der Waals surface area contributed by atoms with Crippen molar-refractivity contribution in [1.82, 2.24) is 0 Å². The van der Waals surface area contributed by atoms with Crippen LogP contribution in [0.2, 0.25) is 12.1 Å². The summed E-state index contributed by atoms with van der Waals surface area (Å²) in [5.41, 5.74) is 0.0558. The van der Waals surface area contributed by atoms with E-state index >= 15 is 0 Å². The van der Waals surface area contributed by atoms with E-state index in [0.29, 0.717) is 0 Å². The molecule has 0 aliphatic carbocycles. The molecule has 0 rings (SSSR count). The van der Waals surface area contributed by atoms with Gasteiger partial charge >= 0.3 is 0 Å². The minimum atomic E-state index is -0.938. The molecule has 0 saturated carbocycles. The van der Waals surface area contributed by atoms with Crippen molar-refractivity contribution in [3.63, 3.8) is 0 Å². The van der Waals surface area contributed by atoms with Crippen molar-refractivity contribution in [2.24, 2.45) is 0 Å². The minimum Gasteiger partial charge on any atom is -0.415 e. The third-order valence-electron chi connectivity index (χ3n) is 2.07. The molecular weight excluding hydrogens is 188 g/mol. The van der Waals surface area contributed by atoms with Gasteiger partial charge in [0.05, 0.1) is 0 Å². The van der Waals surface area contributed by atoms with Crippen molar-refractivity contribution >= 4 is 9.04 Å². The molecule has 1 atom stereocenters. The third-order valence-corrected chi connectivity index (χ3v) is 5.38. The van der Waals surface area contributed by atoms with Crippen LogP contribution in [0.1, 0.15) is 47.0 Å². The normalized spacial score (nSPS) is 14.0. The van der Waals surface area contributed by atoms with Gasteiger partial charge < -0.3 is 4.43 Å². The van der Waals surface area contributed by atoms with Gasteiger partial charge in [-0.25, -0.2) is 0 Å². The number of rotatable bonds is 7. The molecule has 0 aliphatic rings. The zero-order valence-electron chi connectivity index (χ0n) is 10.3. The van der Waals surface area contributed by atoms with E-state index in [9.17, 15) is 0 Å². The first-order valence-electron chi connectivity index (χ1n) is 5.78. The summed E-state index contributed by atoms with van der Waals surface area (Å²) < 4.78 is 6.13. The average Bonchev–Trinajstić information content (AvgIpc) is 2.02. The predicted octanol–water partition coefficient (Wildman–Crippen LogP) is 3.90. The van der Waals surface area contributed by atoms with Gasteiger partial charge in [-0.3, -0.25) is 0 Å². The van der Waals surface area contributed by atoms with Crippen LogP contribution >= 0.6 is 0 Å². The first-order valence-corrected chi connectivity index (χ1v) is 7.88. The quantitative estimate of drug-likeness (QED) is 0.355. The van der Waals surface area contributed by atoms with Crippen LogP contribution in [0.5, 0.6) is 0 Å². The lowest BCUT2D eigenvalue weighted by Gasteiger charge is -2.26. The molecule has 0 aromatic carbocycles. The monoisotopic (exact) mass is 214 g/mol. The molecule has 0 spiro atoms. The molecule has 0 amide bonds. The van der Waals surface area contributed by atoms with Gasteiger partial charge in [-0.15, -0.1) is 6.58 Å². The van der Waals surface area contributed by atoms with Crippen molar-refractivity contribution in [2.75, 3.05) is 0 Å². The van der Waals surface area contributed by atoms with Gasteiger partial charge in [0.15, 0.2) is 9.04 Å². The molecule has 84 valence electrons. The largest absolute Gasteiger partial charge is 0.415 e. The molecule has 0 bridgehead atoms. The van der Waals surface area contributed by atoms with Crippen molar-refractivity contribution in [1.29, 1.82) is 0 Å². The van der Waals surface area contributed by atoms with Gasteiger partial charge in [0.1, 0.15) is 0 Å². The third kappa shape index (κ3) is 8.51. The van der Waals surface area contributed by atoms with Crippen LogP contribution in [-0.2, 0) is 4.43 Å². The summed E-state index contributed by atoms with van der Waals surface area (Å²) in [4.78, 5) is 0. The Hall–Kier alpha value is -0.0831. The molecule has 2 heteroatoms. The Labute approximate surface area is 91.3 Å². The molecule has 0 aliphatic heterocycles. The van der Waals surface area contributed by atoms with E-state index in [1.807, 2.05) is 6.08 Å². The molecule has 0 heterocycles. The van der Waals surface area contributed by atoms with E-state index in [2.05, 4.69) is 34.3 Å². The summed E-state index contributed by atoms with van der Waals surface area (Å²) in [7, 11) is -0.938. The summed E-state index contributed by atoms with van der Waals surface area (Å²) in [6, 6.07) is 2.62. The van der Waals surface area contributed by atoms with Gasteiger partial charge in [0, 0.05) is 5.60 Å². The van der Waals surface area contributed by atoms with Gasteiger partial charge in [-0.1, -0.05) is 25.8 Å². The predicted molar refractivity (Wildman–Crippen MR) is 67.3 cm³/mol. The van der Waals surface area contributed by atoms with E-state index < -0.39 is 9.04 Å². The number of unbranched alkanes of at least 4 members (excludes halogenated alkanes) is 1. The zero-order chi connectivity index (χ0) is 11.0. The molecule has 0 fully saturated rings. The smallest absolute Gasteiger partial charge is 0.177 e. The maximum Gasteiger partial charge on any atom is 0.177 e. The van der Waals surface area contributed by atoms with E-state index in [1.165, 1.54) is 24.9 Å². The molecule has 0 aromatic rings. The Morgan fingerprint density at radius 2 is 1.93 bits per heavy atom. The lowest BCUT2D eigenvalue weighted by atomic mass is 10.2. The van der Waals surface area contributed by atoms with E-state index in [4.69, 9.17) is 4.43 Å². The van der Waals surface area contributed by atoms with E-state index in [-0.39, 0.29) is 5.60 Å². The lowest BCUT2D eigenvalue weighted by molar-refractivity contribution is 0.127. The summed E-state index contributed by atoms with van der Waals surface area (Å²) in [5, 5.41) is 0. The zero-order valence-corrected chi connectivity index (χ0v) is 11.5. The van der Waals surface area contributed by atoms with Crippen LogP contribution in [0.3, 0.4) is 0 Å². The Bertz CT molecular complexity index is 149. The van der Waals surface area contributed by atoms with E-state index in [0.717, 1.165) is 6.42 Å². The highest BCUT2D eigenvalue weighted by molar-refractivity contribution is 6.51. The Morgan fingerprint density at radius 1 is 1.29 bits per heavy atom. The molecule has 0 saturated heterocycles. The summed E-state index contributed by atoms with van der Waals surface area (Å²) in [6.45, 7) is 12.5. The fraction of sp³-hybridized carbons (Fsp3) is 0.833. The summed E-state index contributed by atoms with van der Waals surface area (Å²) in [5.74, 6) is 0. The molecule has 0 N–H and O–H groups in total. The van der Waals surface area contributed by atoms with Gasteiger partial charge in [-0.05, 0) is 39.3 Å². The number of allylic oxidation sites excluding steroid dienone is 1. The van der Waals surface area contributed by atoms with Gasteiger partial charge in [0.2, 0.25) is 0 Å². The maximum atomic E-state index is 6.13. The van der Waals surface area contributed by atoms with Crippen molar-refractivity contribution in [3.8, 4) is 0 Å². The van der Waals surface area contributed by atoms with Crippen molar-refractivity contribution in [3.05, 3.63) is 12.7 Å². The highest BCUT2D eigenvalue weighted by Crippen LogP contribution is 2.17. The van der Waals surface area contributed by atoms with Crippen LogP contribution in [0, 0.1) is 0 Å². The van der Waals surface area contributed by atoms with Crippen LogP contribution < -0.4 is 0 Å². The fourth-order valence-corrected chi connectivity index (χ4v) is 4.43. The van der Waals surface area contributed by atoms with Crippen LogP contribution in [0.4, 0.5) is 0 Å². The van der Waals surface area contributed by atoms with E-state index in [1.54, 1.807) is 0 Å². The number of hydrogen-bond acceptors (Lipinski definition) is 1. The molecule has 14 heavy (non-hydrogen) atoms. The van der Waals surface area contributed by atoms with Gasteiger partial charge in [0.25, 0.3) is 0 Å². The minimum absolute atomic E-state index is 0.0558. The number of hydrogen-bond donors (Lipinski definition) is 0. The Balaban J connectivity index is 3.82. The van der Waals surface area contributed by atoms with Crippen LogP contribution in [-0.4, -0.2) is 14.6 Å². The molecular formula is C12H26OSi. The van der Waals surface area contributed by atoms with Gasteiger partial charge in [-0.2, -0.15) is 0 Å². The lowest BCUT2D eigenvalue weighted by Crippen LogP contribution is -2.30. The second-order valence-electron chi connectivity index (χ2n) is 4.86. The Morgan fingerprint density at radius 3 is 2.36 bits per heavy atom. The van der Waals surface area contributed by atoms with Crippen LogP contribution in [0.25, 0.3) is 0 Å². The Kier molecular flexibility index (Phi) is 7.20. The molecule has 0 aromatic heterocycles. The topological polar surface area (TPSA) is 9.23 Å².